The minimum absolute atomic E-state index is 0.234. The van der Waals surface area contributed by atoms with E-state index in [1.165, 1.54) is 31.4 Å². The standard InChI is InChI=1S/C25H18F6N2O3/c1-36-20-10-8-15(9-11-20)12-21(22(34)32-18-6-2-4-16(13-18)24(26,27)28)23(35)33-19-7-3-5-17(14-19)25(29,30)31/h2-14H,1H3,(H,32,34)(H,33,35). The SMILES string of the molecule is COc1ccc(C=C(C(=O)Nc2cccc(C(F)(F)F)c2)C(=O)Nc2cccc(C(F)(F)F)c2)cc1. The van der Waals surface area contributed by atoms with Gasteiger partial charge in [0.05, 0.1) is 18.2 Å². The number of hydrogen-bond donors (Lipinski definition) is 2. The Bertz CT molecular complexity index is 1210. The van der Waals surface area contributed by atoms with Gasteiger partial charge in [-0.05, 0) is 60.2 Å². The average molecular weight is 508 g/mol. The molecule has 0 unspecified atom stereocenters. The van der Waals surface area contributed by atoms with Gasteiger partial charge in [0.2, 0.25) is 0 Å². The molecule has 0 aliphatic rings. The molecular weight excluding hydrogens is 490 g/mol. The maximum absolute atomic E-state index is 13.0. The summed E-state index contributed by atoms with van der Waals surface area (Å²) in [7, 11) is 1.43. The molecular formula is C25H18F6N2O3. The number of carbonyl (C=O) groups is 2. The van der Waals surface area contributed by atoms with E-state index in [9.17, 15) is 35.9 Å². The Morgan fingerprint density at radius 2 is 1.17 bits per heavy atom. The largest absolute Gasteiger partial charge is 0.497 e. The lowest BCUT2D eigenvalue weighted by Crippen LogP contribution is -2.25. The van der Waals surface area contributed by atoms with Gasteiger partial charge in [0, 0.05) is 11.4 Å². The highest BCUT2D eigenvalue weighted by molar-refractivity contribution is 6.28. The summed E-state index contributed by atoms with van der Waals surface area (Å²) >= 11 is 0. The normalized spacial score (nSPS) is 11.4. The van der Waals surface area contributed by atoms with Gasteiger partial charge in [0.25, 0.3) is 11.8 Å². The molecule has 3 aromatic rings. The van der Waals surface area contributed by atoms with Crippen LogP contribution in [0.5, 0.6) is 5.75 Å². The summed E-state index contributed by atoms with van der Waals surface area (Å²) in [6, 6.07) is 13.6. The summed E-state index contributed by atoms with van der Waals surface area (Å²) in [4.78, 5) is 25.9. The van der Waals surface area contributed by atoms with Crippen LogP contribution in [0.3, 0.4) is 0 Å². The van der Waals surface area contributed by atoms with E-state index in [0.717, 1.165) is 30.3 Å². The van der Waals surface area contributed by atoms with Crippen LogP contribution >= 0.6 is 0 Å². The summed E-state index contributed by atoms with van der Waals surface area (Å²) in [6.45, 7) is 0. The van der Waals surface area contributed by atoms with E-state index < -0.39 is 40.9 Å². The van der Waals surface area contributed by atoms with Crippen molar-refractivity contribution in [2.75, 3.05) is 17.7 Å². The van der Waals surface area contributed by atoms with Crippen LogP contribution in [0, 0.1) is 0 Å². The van der Waals surface area contributed by atoms with Gasteiger partial charge in [-0.3, -0.25) is 9.59 Å². The molecule has 0 heterocycles. The first-order valence-electron chi connectivity index (χ1n) is 10.2. The van der Waals surface area contributed by atoms with Crippen molar-refractivity contribution in [1.82, 2.24) is 0 Å². The zero-order valence-corrected chi connectivity index (χ0v) is 18.5. The molecule has 2 amide bonds. The van der Waals surface area contributed by atoms with Crippen molar-refractivity contribution in [2.45, 2.75) is 12.4 Å². The summed E-state index contributed by atoms with van der Waals surface area (Å²) < 4.78 is 83.2. The van der Waals surface area contributed by atoms with E-state index >= 15 is 0 Å². The smallest absolute Gasteiger partial charge is 0.416 e. The van der Waals surface area contributed by atoms with E-state index in [1.54, 1.807) is 12.1 Å². The van der Waals surface area contributed by atoms with Crippen LogP contribution in [0.4, 0.5) is 37.7 Å². The second-order valence-electron chi connectivity index (χ2n) is 7.40. The Labute approximate surface area is 201 Å². The Balaban J connectivity index is 1.94. The van der Waals surface area contributed by atoms with Gasteiger partial charge in [-0.15, -0.1) is 0 Å². The second-order valence-corrected chi connectivity index (χ2v) is 7.40. The number of benzene rings is 3. The molecule has 0 saturated carbocycles. The molecule has 3 aromatic carbocycles. The van der Waals surface area contributed by atoms with E-state index in [1.807, 2.05) is 0 Å². The molecule has 2 N–H and O–H groups in total. The monoisotopic (exact) mass is 508 g/mol. The molecule has 0 atom stereocenters. The number of ether oxygens (including phenoxy) is 1. The third kappa shape index (κ3) is 6.87. The van der Waals surface area contributed by atoms with Crippen molar-refractivity contribution in [3.8, 4) is 5.75 Å². The quantitative estimate of drug-likeness (QED) is 0.175. The van der Waals surface area contributed by atoms with Gasteiger partial charge in [0.1, 0.15) is 11.3 Å². The first kappa shape index (κ1) is 26.3. The molecule has 0 aliphatic heterocycles. The highest BCUT2D eigenvalue weighted by Crippen LogP contribution is 2.32. The first-order valence-corrected chi connectivity index (χ1v) is 10.2. The van der Waals surface area contributed by atoms with Crippen molar-refractivity contribution in [3.63, 3.8) is 0 Å². The maximum atomic E-state index is 13.0. The van der Waals surface area contributed by atoms with Gasteiger partial charge >= 0.3 is 12.4 Å². The Kier molecular flexibility index (Phi) is 7.71. The number of carbonyl (C=O) groups excluding carboxylic acids is 2. The minimum Gasteiger partial charge on any atom is -0.497 e. The molecule has 0 radical (unpaired) electrons. The number of hydrogen-bond acceptors (Lipinski definition) is 3. The molecule has 0 aromatic heterocycles. The minimum atomic E-state index is -4.66. The van der Waals surface area contributed by atoms with Gasteiger partial charge < -0.3 is 15.4 Å². The fraction of sp³-hybridized carbons (Fsp3) is 0.120. The van der Waals surface area contributed by atoms with Crippen LogP contribution in [-0.4, -0.2) is 18.9 Å². The molecule has 0 fully saturated rings. The Morgan fingerprint density at radius 1 is 0.722 bits per heavy atom. The molecule has 188 valence electrons. The van der Waals surface area contributed by atoms with Crippen molar-refractivity contribution < 1.29 is 40.7 Å². The van der Waals surface area contributed by atoms with Crippen LogP contribution in [-0.2, 0) is 21.9 Å². The van der Waals surface area contributed by atoms with Crippen LogP contribution in [0.1, 0.15) is 16.7 Å². The molecule has 36 heavy (non-hydrogen) atoms. The highest BCUT2D eigenvalue weighted by Gasteiger charge is 2.32. The number of rotatable bonds is 6. The lowest BCUT2D eigenvalue weighted by atomic mass is 10.1. The highest BCUT2D eigenvalue weighted by atomic mass is 19.4. The Morgan fingerprint density at radius 3 is 1.56 bits per heavy atom. The van der Waals surface area contributed by atoms with Gasteiger partial charge in [-0.1, -0.05) is 24.3 Å². The van der Waals surface area contributed by atoms with Gasteiger partial charge in [-0.25, -0.2) is 0 Å². The van der Waals surface area contributed by atoms with Crippen LogP contribution < -0.4 is 15.4 Å². The fourth-order valence-corrected chi connectivity index (χ4v) is 3.04. The molecule has 0 bridgehead atoms. The second kappa shape index (κ2) is 10.5. The zero-order chi connectivity index (χ0) is 26.5. The summed E-state index contributed by atoms with van der Waals surface area (Å²) in [5.74, 6) is -1.67. The summed E-state index contributed by atoms with van der Waals surface area (Å²) in [5, 5.41) is 4.45. The zero-order valence-electron chi connectivity index (χ0n) is 18.5. The molecule has 11 heteroatoms. The van der Waals surface area contributed by atoms with E-state index in [4.69, 9.17) is 4.74 Å². The average Bonchev–Trinajstić information content (AvgIpc) is 2.82. The van der Waals surface area contributed by atoms with Crippen molar-refractivity contribution in [1.29, 1.82) is 0 Å². The van der Waals surface area contributed by atoms with E-state index in [-0.39, 0.29) is 11.4 Å². The number of halogens is 6. The van der Waals surface area contributed by atoms with Crippen LogP contribution in [0.2, 0.25) is 0 Å². The number of anilines is 2. The third-order valence-corrected chi connectivity index (χ3v) is 4.81. The van der Waals surface area contributed by atoms with Gasteiger partial charge in [0.15, 0.2) is 0 Å². The number of amides is 2. The number of methoxy groups -OCH3 is 1. The summed E-state index contributed by atoms with van der Waals surface area (Å²) in [6.07, 6.45) is -8.18. The van der Waals surface area contributed by atoms with Crippen molar-refractivity contribution >= 4 is 29.3 Å². The topological polar surface area (TPSA) is 67.4 Å². The maximum Gasteiger partial charge on any atom is 0.416 e. The van der Waals surface area contributed by atoms with Crippen LogP contribution in [0.25, 0.3) is 6.08 Å². The van der Waals surface area contributed by atoms with E-state index in [0.29, 0.717) is 23.4 Å². The van der Waals surface area contributed by atoms with Gasteiger partial charge in [-0.2, -0.15) is 26.3 Å². The molecule has 0 saturated heterocycles. The van der Waals surface area contributed by atoms with Crippen molar-refractivity contribution in [3.05, 3.63) is 95.1 Å². The number of alkyl halides is 6. The lowest BCUT2D eigenvalue weighted by Gasteiger charge is -2.13. The molecule has 0 spiro atoms. The first-order chi connectivity index (χ1) is 16.9. The predicted molar refractivity (Wildman–Crippen MR) is 121 cm³/mol. The number of nitrogens with one attached hydrogen (secondary N) is 2. The molecule has 0 aliphatic carbocycles. The summed E-state index contributed by atoms with van der Waals surface area (Å²) in [5.41, 5.74) is -2.72. The van der Waals surface area contributed by atoms with E-state index in [2.05, 4.69) is 10.6 Å². The third-order valence-electron chi connectivity index (χ3n) is 4.81. The molecule has 3 rings (SSSR count). The lowest BCUT2D eigenvalue weighted by molar-refractivity contribution is -0.138. The van der Waals surface area contributed by atoms with Crippen LogP contribution in [0.15, 0.2) is 78.4 Å². The predicted octanol–water partition coefficient (Wildman–Crippen LogP) is 6.39. The fourth-order valence-electron chi connectivity index (χ4n) is 3.04. The van der Waals surface area contributed by atoms with Crippen molar-refractivity contribution in [2.24, 2.45) is 0 Å². The Hall–Kier alpha value is -4.28. The molecule has 5 nitrogen and oxygen atoms in total.